The number of nitrogens with one attached hydrogen (secondary N) is 2. The van der Waals surface area contributed by atoms with Gasteiger partial charge < -0.3 is 14.5 Å². The van der Waals surface area contributed by atoms with Crippen LogP contribution in [0.4, 0.5) is 0 Å². The van der Waals surface area contributed by atoms with Gasteiger partial charge in [-0.2, -0.15) is 0 Å². The van der Waals surface area contributed by atoms with E-state index in [0.29, 0.717) is 47.0 Å². The van der Waals surface area contributed by atoms with Gasteiger partial charge in [0.1, 0.15) is 5.82 Å². The number of H-pyrrole nitrogens is 1. The zero-order chi connectivity index (χ0) is 26.4. The fraction of sp³-hybridized carbons (Fsp3) is 0.385. The minimum atomic E-state index is -3.75. The third-order valence-corrected chi connectivity index (χ3v) is 8.15. The van der Waals surface area contributed by atoms with Crippen molar-refractivity contribution in [1.82, 2.24) is 24.9 Å². The van der Waals surface area contributed by atoms with Crippen LogP contribution in [-0.4, -0.2) is 45.7 Å². The van der Waals surface area contributed by atoms with Gasteiger partial charge in [0, 0.05) is 22.9 Å². The molecule has 0 spiro atoms. The number of aromatic amines is 1. The van der Waals surface area contributed by atoms with Crippen molar-refractivity contribution in [2.75, 3.05) is 0 Å². The lowest BCUT2D eigenvalue weighted by Gasteiger charge is -2.27. The van der Waals surface area contributed by atoms with Crippen LogP contribution in [0.25, 0.3) is 22.4 Å². The molecule has 11 heteroatoms. The predicted octanol–water partition coefficient (Wildman–Crippen LogP) is 4.61. The summed E-state index contributed by atoms with van der Waals surface area (Å²) in [7, 11) is -3.75. The summed E-state index contributed by atoms with van der Waals surface area (Å²) in [5, 5.41) is 17.6. The van der Waals surface area contributed by atoms with Crippen molar-refractivity contribution in [3.05, 3.63) is 59.8 Å². The third kappa shape index (κ3) is 5.28. The molecule has 37 heavy (non-hydrogen) atoms. The molecule has 0 atom stereocenters. The molecule has 5 rings (SSSR count). The van der Waals surface area contributed by atoms with Crippen molar-refractivity contribution in [2.45, 2.75) is 68.7 Å². The van der Waals surface area contributed by atoms with Crippen molar-refractivity contribution >= 4 is 27.0 Å². The molecular formula is C26H29N5O5S. The average Bonchev–Trinajstić information content (AvgIpc) is 3.52. The summed E-state index contributed by atoms with van der Waals surface area (Å²) in [6, 6.07) is 11.0. The highest BCUT2D eigenvalue weighted by atomic mass is 32.2. The fourth-order valence-corrected chi connectivity index (χ4v) is 5.87. The van der Waals surface area contributed by atoms with Crippen LogP contribution in [0, 0.1) is 0 Å². The summed E-state index contributed by atoms with van der Waals surface area (Å²) < 4.78 is 35.0. The van der Waals surface area contributed by atoms with Gasteiger partial charge in [0.25, 0.3) is 0 Å². The Balaban J connectivity index is 1.28. The lowest BCUT2D eigenvalue weighted by Crippen LogP contribution is -2.37. The van der Waals surface area contributed by atoms with Gasteiger partial charge in [-0.3, -0.25) is 0 Å². The number of hydrogen-bond acceptors (Lipinski definition) is 7. The number of imidazole rings is 1. The molecule has 0 radical (unpaired) electrons. The van der Waals surface area contributed by atoms with Crippen LogP contribution in [0.15, 0.2) is 51.8 Å². The van der Waals surface area contributed by atoms with Crippen molar-refractivity contribution in [3.8, 4) is 11.4 Å². The number of hydrogen-bond donors (Lipinski definition) is 3. The van der Waals surface area contributed by atoms with Crippen molar-refractivity contribution in [2.24, 2.45) is 0 Å². The molecule has 1 saturated carbocycles. The summed E-state index contributed by atoms with van der Waals surface area (Å²) in [4.78, 5) is 19.0. The van der Waals surface area contributed by atoms with E-state index in [1.165, 1.54) is 18.2 Å². The second kappa shape index (κ2) is 9.38. The number of rotatable bonds is 6. The van der Waals surface area contributed by atoms with Gasteiger partial charge >= 0.3 is 5.97 Å². The number of nitrogens with zero attached hydrogens (tertiary/aromatic N) is 3. The second-order valence-electron chi connectivity index (χ2n) is 10.5. The Bertz CT molecular complexity index is 1560. The van der Waals surface area contributed by atoms with E-state index in [2.05, 4.69) is 24.9 Å². The maximum Gasteiger partial charge on any atom is 0.335 e. The van der Waals surface area contributed by atoms with Gasteiger partial charge in [-0.1, -0.05) is 32.9 Å². The van der Waals surface area contributed by atoms with E-state index in [-0.39, 0.29) is 27.8 Å². The molecule has 2 heterocycles. The number of aromatic carboxylic acids is 1. The highest BCUT2D eigenvalue weighted by Gasteiger charge is 2.31. The average molecular weight is 524 g/mol. The molecule has 10 nitrogen and oxygen atoms in total. The van der Waals surface area contributed by atoms with Crippen LogP contribution in [0.3, 0.4) is 0 Å². The Kier molecular flexibility index (Phi) is 6.36. The normalized spacial score (nSPS) is 18.8. The summed E-state index contributed by atoms with van der Waals surface area (Å²) >= 11 is 0. The van der Waals surface area contributed by atoms with Crippen molar-refractivity contribution < 1.29 is 22.7 Å². The van der Waals surface area contributed by atoms with E-state index in [9.17, 15) is 18.3 Å². The second-order valence-corrected chi connectivity index (χ2v) is 12.2. The molecule has 0 saturated heterocycles. The SMILES string of the molecule is CC(C)(C)c1nnc(C2CCC(NS(=O)(=O)c3ccc4nc(-c5cccc(C(=O)O)c5)[nH]c4c3)CC2)o1. The molecule has 3 N–H and O–H groups in total. The molecule has 1 aliphatic carbocycles. The maximum atomic E-state index is 13.2. The number of carboxylic acid groups (broad SMARTS) is 1. The van der Waals surface area contributed by atoms with Crippen LogP contribution in [0.5, 0.6) is 0 Å². The summed E-state index contributed by atoms with van der Waals surface area (Å²) in [6.07, 6.45) is 2.87. The first-order chi connectivity index (χ1) is 17.5. The number of carbonyl (C=O) groups is 1. The van der Waals surface area contributed by atoms with E-state index in [1.807, 2.05) is 20.8 Å². The first-order valence-corrected chi connectivity index (χ1v) is 13.7. The Morgan fingerprint density at radius 2 is 1.84 bits per heavy atom. The quantitative estimate of drug-likeness (QED) is 0.331. The molecular weight excluding hydrogens is 494 g/mol. The monoisotopic (exact) mass is 523 g/mol. The lowest BCUT2D eigenvalue weighted by atomic mass is 9.86. The number of carboxylic acids is 1. The van der Waals surface area contributed by atoms with Crippen LogP contribution in [0.2, 0.25) is 0 Å². The zero-order valence-electron chi connectivity index (χ0n) is 20.9. The number of benzene rings is 2. The third-order valence-electron chi connectivity index (χ3n) is 6.63. The summed E-state index contributed by atoms with van der Waals surface area (Å²) in [5.74, 6) is 0.800. The number of sulfonamides is 1. The zero-order valence-corrected chi connectivity index (χ0v) is 21.7. The molecule has 0 bridgehead atoms. The maximum absolute atomic E-state index is 13.2. The van der Waals surface area contributed by atoms with E-state index >= 15 is 0 Å². The molecule has 1 aliphatic rings. The molecule has 0 aliphatic heterocycles. The van der Waals surface area contributed by atoms with Gasteiger partial charge in [-0.25, -0.2) is 22.9 Å². The lowest BCUT2D eigenvalue weighted by molar-refractivity contribution is 0.0697. The predicted molar refractivity (Wildman–Crippen MR) is 137 cm³/mol. The van der Waals surface area contributed by atoms with Gasteiger partial charge in [0.2, 0.25) is 21.8 Å². The van der Waals surface area contributed by atoms with Crippen LogP contribution < -0.4 is 4.72 Å². The van der Waals surface area contributed by atoms with E-state index < -0.39 is 16.0 Å². The highest BCUT2D eigenvalue weighted by Crippen LogP contribution is 2.34. The van der Waals surface area contributed by atoms with Gasteiger partial charge in [-0.05, 0) is 56.0 Å². The molecule has 1 fully saturated rings. The molecule has 2 aromatic heterocycles. The smallest absolute Gasteiger partial charge is 0.335 e. The Hall–Kier alpha value is -3.57. The first-order valence-electron chi connectivity index (χ1n) is 12.2. The highest BCUT2D eigenvalue weighted by molar-refractivity contribution is 7.89. The minimum Gasteiger partial charge on any atom is -0.478 e. The van der Waals surface area contributed by atoms with E-state index in [4.69, 9.17) is 4.42 Å². The molecule has 2 aromatic carbocycles. The Morgan fingerprint density at radius 1 is 1.08 bits per heavy atom. The van der Waals surface area contributed by atoms with E-state index in [0.717, 1.165) is 12.8 Å². The Morgan fingerprint density at radius 3 is 2.51 bits per heavy atom. The topological polar surface area (TPSA) is 151 Å². The molecule has 0 amide bonds. The van der Waals surface area contributed by atoms with Gasteiger partial charge in [0.05, 0.1) is 21.5 Å². The molecule has 0 unspecified atom stereocenters. The summed E-state index contributed by atoms with van der Waals surface area (Å²) in [5.41, 5.74) is 1.68. The standard InChI is InChI=1S/C26H29N5O5S/c1-26(2,3)25-30-29-23(36-25)15-7-9-18(10-8-15)31-37(34,35)19-11-12-20-21(14-19)28-22(27-20)16-5-4-6-17(13-16)24(32)33/h4-6,11-15,18,31H,7-10H2,1-3H3,(H,27,28)(H,32,33). The largest absolute Gasteiger partial charge is 0.478 e. The Labute approximate surface area is 214 Å². The van der Waals surface area contributed by atoms with Crippen molar-refractivity contribution in [1.29, 1.82) is 0 Å². The molecule has 4 aromatic rings. The van der Waals surface area contributed by atoms with Crippen LogP contribution >= 0.6 is 0 Å². The van der Waals surface area contributed by atoms with Crippen LogP contribution in [0.1, 0.15) is 74.5 Å². The van der Waals surface area contributed by atoms with Gasteiger partial charge in [0.15, 0.2) is 0 Å². The van der Waals surface area contributed by atoms with E-state index in [1.54, 1.807) is 24.3 Å². The summed E-state index contributed by atoms with van der Waals surface area (Å²) in [6.45, 7) is 6.07. The number of fused-ring (bicyclic) bond motifs is 1. The molecule has 194 valence electrons. The number of aromatic nitrogens is 4. The van der Waals surface area contributed by atoms with Gasteiger partial charge in [-0.15, -0.1) is 10.2 Å². The van der Waals surface area contributed by atoms with Crippen molar-refractivity contribution in [3.63, 3.8) is 0 Å². The fourth-order valence-electron chi connectivity index (χ4n) is 4.54. The van der Waals surface area contributed by atoms with Crippen LogP contribution in [-0.2, 0) is 15.4 Å². The first kappa shape index (κ1) is 25.1. The minimum absolute atomic E-state index is 0.128.